The number of thioether (sulfide) groups is 1. The van der Waals surface area contributed by atoms with E-state index in [0.717, 1.165) is 5.56 Å². The molecule has 3 aromatic carbocycles. The Morgan fingerprint density at radius 3 is 2.36 bits per heavy atom. The topological polar surface area (TPSA) is 96.5 Å². The lowest BCUT2D eigenvalue weighted by atomic mass is 10.1. The predicted molar refractivity (Wildman–Crippen MR) is 127 cm³/mol. The SMILES string of the molecule is C[C@]1(CSc2ccccc2C(=O)Nc2ccc(OCc3ccccc3)cc2)NC(=O)NC1=O. The molecule has 3 aromatic rings. The summed E-state index contributed by atoms with van der Waals surface area (Å²) in [7, 11) is 0. The van der Waals surface area contributed by atoms with E-state index in [9.17, 15) is 14.4 Å². The number of imide groups is 1. The smallest absolute Gasteiger partial charge is 0.322 e. The van der Waals surface area contributed by atoms with Gasteiger partial charge < -0.3 is 15.4 Å². The number of benzene rings is 3. The maximum Gasteiger partial charge on any atom is 0.322 e. The largest absolute Gasteiger partial charge is 0.489 e. The fourth-order valence-corrected chi connectivity index (χ4v) is 4.40. The lowest BCUT2D eigenvalue weighted by molar-refractivity contribution is -0.122. The fraction of sp³-hybridized carbons (Fsp3) is 0.160. The van der Waals surface area contributed by atoms with Gasteiger partial charge in [-0.3, -0.25) is 14.9 Å². The zero-order valence-electron chi connectivity index (χ0n) is 18.0. The van der Waals surface area contributed by atoms with Gasteiger partial charge in [0.15, 0.2) is 0 Å². The first-order valence-corrected chi connectivity index (χ1v) is 11.4. The fourth-order valence-electron chi connectivity index (χ4n) is 3.26. The minimum absolute atomic E-state index is 0.263. The van der Waals surface area contributed by atoms with Crippen molar-refractivity contribution >= 4 is 35.3 Å². The number of hydrogen-bond donors (Lipinski definition) is 3. The Balaban J connectivity index is 1.37. The van der Waals surface area contributed by atoms with Crippen molar-refractivity contribution in [3.63, 3.8) is 0 Å². The average molecular weight is 462 g/mol. The molecule has 1 aliphatic rings. The van der Waals surface area contributed by atoms with Crippen LogP contribution in [0.15, 0.2) is 83.8 Å². The highest BCUT2D eigenvalue weighted by Gasteiger charge is 2.41. The Bertz CT molecular complexity index is 1170. The van der Waals surface area contributed by atoms with E-state index >= 15 is 0 Å². The molecule has 3 N–H and O–H groups in total. The minimum Gasteiger partial charge on any atom is -0.489 e. The standard InChI is InChI=1S/C25H23N3O4S/c1-25(23(30)27-24(31)28-25)16-33-21-10-6-5-9-20(21)22(29)26-18-11-13-19(14-12-18)32-15-17-7-3-2-4-8-17/h2-14H,15-16H2,1H3,(H,26,29)(H2,27,28,30,31)/t25-/m1/s1. The number of rotatable bonds is 8. The average Bonchev–Trinajstić information content (AvgIpc) is 3.09. The van der Waals surface area contributed by atoms with Crippen LogP contribution in [0.2, 0.25) is 0 Å². The Kier molecular flexibility index (Phi) is 6.65. The predicted octanol–water partition coefficient (Wildman–Crippen LogP) is 4.21. The molecular formula is C25H23N3O4S. The summed E-state index contributed by atoms with van der Waals surface area (Å²) in [6.45, 7) is 2.12. The van der Waals surface area contributed by atoms with Crippen molar-refractivity contribution in [3.8, 4) is 5.75 Å². The molecule has 0 bridgehead atoms. The van der Waals surface area contributed by atoms with E-state index in [1.165, 1.54) is 11.8 Å². The summed E-state index contributed by atoms with van der Waals surface area (Å²) in [6, 6.07) is 23.7. The van der Waals surface area contributed by atoms with Gasteiger partial charge in [-0.15, -0.1) is 11.8 Å². The van der Waals surface area contributed by atoms with Crippen molar-refractivity contribution in [1.29, 1.82) is 0 Å². The molecule has 0 aromatic heterocycles. The van der Waals surface area contributed by atoms with Crippen molar-refractivity contribution in [2.75, 3.05) is 11.1 Å². The van der Waals surface area contributed by atoms with Gasteiger partial charge in [-0.05, 0) is 48.9 Å². The van der Waals surface area contributed by atoms with Crippen molar-refractivity contribution in [2.45, 2.75) is 24.0 Å². The molecule has 0 radical (unpaired) electrons. The van der Waals surface area contributed by atoms with Crippen molar-refractivity contribution < 1.29 is 19.1 Å². The molecule has 0 spiro atoms. The quantitative estimate of drug-likeness (QED) is 0.345. The molecule has 1 atom stereocenters. The molecule has 1 saturated heterocycles. The summed E-state index contributed by atoms with van der Waals surface area (Å²) in [5.41, 5.74) is 1.18. The summed E-state index contributed by atoms with van der Waals surface area (Å²) in [5, 5.41) is 7.77. The molecule has 4 amide bonds. The number of urea groups is 1. The van der Waals surface area contributed by atoms with Gasteiger partial charge in [-0.1, -0.05) is 42.5 Å². The second-order valence-corrected chi connectivity index (χ2v) is 8.80. The lowest BCUT2D eigenvalue weighted by Gasteiger charge is -2.20. The van der Waals surface area contributed by atoms with Gasteiger partial charge in [0.2, 0.25) is 0 Å². The third kappa shape index (κ3) is 5.53. The minimum atomic E-state index is -1.03. The van der Waals surface area contributed by atoms with E-state index < -0.39 is 11.6 Å². The van der Waals surface area contributed by atoms with E-state index in [2.05, 4.69) is 16.0 Å². The molecule has 1 fully saturated rings. The number of hydrogen-bond acceptors (Lipinski definition) is 5. The molecule has 1 heterocycles. The van der Waals surface area contributed by atoms with Gasteiger partial charge in [0, 0.05) is 16.3 Å². The number of amides is 4. The van der Waals surface area contributed by atoms with Crippen LogP contribution in [0.4, 0.5) is 10.5 Å². The van der Waals surface area contributed by atoms with Gasteiger partial charge in [0.1, 0.15) is 17.9 Å². The van der Waals surface area contributed by atoms with Gasteiger partial charge >= 0.3 is 6.03 Å². The summed E-state index contributed by atoms with van der Waals surface area (Å²) >= 11 is 1.34. The third-order valence-electron chi connectivity index (χ3n) is 5.13. The van der Waals surface area contributed by atoms with Crippen LogP contribution in [0.25, 0.3) is 0 Å². The molecule has 0 unspecified atom stereocenters. The van der Waals surface area contributed by atoms with Crippen LogP contribution >= 0.6 is 11.8 Å². The molecule has 7 nitrogen and oxygen atoms in total. The number of anilines is 1. The van der Waals surface area contributed by atoms with Gasteiger partial charge in [0.25, 0.3) is 11.8 Å². The summed E-state index contributed by atoms with van der Waals surface area (Å²) in [5.74, 6) is 0.359. The maximum atomic E-state index is 12.9. The van der Waals surface area contributed by atoms with Crippen LogP contribution in [0, 0.1) is 0 Å². The van der Waals surface area contributed by atoms with E-state index in [4.69, 9.17) is 4.74 Å². The first-order valence-electron chi connectivity index (χ1n) is 10.4. The maximum absolute atomic E-state index is 12.9. The van der Waals surface area contributed by atoms with Crippen LogP contribution in [-0.4, -0.2) is 29.1 Å². The Labute approximate surface area is 195 Å². The van der Waals surface area contributed by atoms with E-state index in [0.29, 0.717) is 34.3 Å². The van der Waals surface area contributed by atoms with Gasteiger partial charge in [-0.25, -0.2) is 4.79 Å². The highest BCUT2D eigenvalue weighted by molar-refractivity contribution is 7.99. The number of carbonyl (C=O) groups excluding carboxylic acids is 3. The van der Waals surface area contributed by atoms with Crippen LogP contribution in [-0.2, 0) is 11.4 Å². The Hall–Kier alpha value is -3.78. The van der Waals surface area contributed by atoms with Gasteiger partial charge in [-0.2, -0.15) is 0 Å². The second-order valence-electron chi connectivity index (χ2n) is 7.78. The van der Waals surface area contributed by atoms with Crippen LogP contribution in [0.1, 0.15) is 22.8 Å². The zero-order valence-corrected chi connectivity index (χ0v) is 18.8. The normalized spacial score (nSPS) is 17.2. The molecule has 1 aliphatic heterocycles. The van der Waals surface area contributed by atoms with Crippen LogP contribution in [0.5, 0.6) is 5.75 Å². The van der Waals surface area contributed by atoms with Gasteiger partial charge in [0.05, 0.1) is 5.56 Å². The molecular weight excluding hydrogens is 438 g/mol. The van der Waals surface area contributed by atoms with Crippen molar-refractivity contribution in [1.82, 2.24) is 10.6 Å². The zero-order chi connectivity index (χ0) is 23.3. The first-order chi connectivity index (χ1) is 15.9. The molecule has 0 aliphatic carbocycles. The molecule has 4 rings (SSSR count). The number of ether oxygens (including phenoxy) is 1. The number of carbonyl (C=O) groups is 3. The van der Waals surface area contributed by atoms with Crippen LogP contribution in [0.3, 0.4) is 0 Å². The molecule has 168 valence electrons. The monoisotopic (exact) mass is 461 g/mol. The van der Waals surface area contributed by atoms with E-state index in [-0.39, 0.29) is 11.8 Å². The molecule has 33 heavy (non-hydrogen) atoms. The lowest BCUT2D eigenvalue weighted by Crippen LogP contribution is -2.46. The van der Waals surface area contributed by atoms with E-state index in [1.54, 1.807) is 43.3 Å². The summed E-state index contributed by atoms with van der Waals surface area (Å²) in [6.07, 6.45) is 0. The van der Waals surface area contributed by atoms with Crippen molar-refractivity contribution in [3.05, 3.63) is 90.0 Å². The van der Waals surface area contributed by atoms with E-state index in [1.807, 2.05) is 42.5 Å². The second kappa shape index (κ2) is 9.79. The highest BCUT2D eigenvalue weighted by Crippen LogP contribution is 2.28. The first kappa shape index (κ1) is 22.4. The Morgan fingerprint density at radius 1 is 0.970 bits per heavy atom. The number of nitrogens with one attached hydrogen (secondary N) is 3. The van der Waals surface area contributed by atoms with Crippen LogP contribution < -0.4 is 20.7 Å². The summed E-state index contributed by atoms with van der Waals surface area (Å²) in [4.78, 5) is 37.1. The summed E-state index contributed by atoms with van der Waals surface area (Å²) < 4.78 is 5.78. The third-order valence-corrected chi connectivity index (χ3v) is 6.51. The Morgan fingerprint density at radius 2 is 1.67 bits per heavy atom. The van der Waals surface area contributed by atoms with Crippen molar-refractivity contribution in [2.24, 2.45) is 0 Å². The highest BCUT2D eigenvalue weighted by atomic mass is 32.2. The molecule has 8 heteroatoms. The molecule has 0 saturated carbocycles.